The summed E-state index contributed by atoms with van der Waals surface area (Å²) in [6, 6.07) is 20.3. The minimum atomic E-state index is 0.176. The Morgan fingerprint density at radius 2 is 1.57 bits per heavy atom. The second-order valence-corrected chi connectivity index (χ2v) is 4.82. The molecule has 0 fully saturated rings. The van der Waals surface area contributed by atoms with E-state index in [0.717, 1.165) is 17.7 Å². The molecule has 2 aromatic rings. The van der Waals surface area contributed by atoms with Gasteiger partial charge in [-0.05, 0) is 36.7 Å². The standard InChI is InChI=1S/C9H11N3S.C8H10/c1-7(11-12-9(10)13)8-5-3-2-4-6-8;1-2-8-6-4-3-5-7-8/h2-6H,1H3,(H3,10,12,13);3-7H,2H2,1H3/b11-7-;. The zero-order valence-corrected chi connectivity index (χ0v) is 13.2. The second-order valence-electron chi connectivity index (χ2n) is 4.38. The topological polar surface area (TPSA) is 50.4 Å². The highest BCUT2D eigenvalue weighted by molar-refractivity contribution is 7.80. The summed E-state index contributed by atoms with van der Waals surface area (Å²) in [6.07, 6.45) is 1.14. The van der Waals surface area contributed by atoms with E-state index in [1.807, 2.05) is 43.3 Å². The van der Waals surface area contributed by atoms with Crippen LogP contribution in [0.15, 0.2) is 65.8 Å². The number of nitrogens with two attached hydrogens (primary N) is 1. The SMILES string of the molecule is C/C(=N/NC(N)=S)c1ccccc1.CCc1ccccc1. The molecule has 0 aliphatic heterocycles. The number of rotatable bonds is 3. The molecule has 4 heteroatoms. The fourth-order valence-electron chi connectivity index (χ4n) is 1.60. The molecule has 0 unspecified atom stereocenters. The minimum absolute atomic E-state index is 0.176. The molecule has 0 saturated carbocycles. The van der Waals surface area contributed by atoms with E-state index in [-0.39, 0.29) is 5.11 Å². The lowest BCUT2D eigenvalue weighted by Crippen LogP contribution is -2.25. The first-order chi connectivity index (χ1) is 10.1. The Morgan fingerprint density at radius 1 is 1.05 bits per heavy atom. The smallest absolute Gasteiger partial charge is 0.184 e. The van der Waals surface area contributed by atoms with Crippen molar-refractivity contribution >= 4 is 23.0 Å². The van der Waals surface area contributed by atoms with E-state index >= 15 is 0 Å². The molecule has 2 rings (SSSR count). The molecule has 0 amide bonds. The van der Waals surface area contributed by atoms with E-state index in [4.69, 9.17) is 5.73 Å². The van der Waals surface area contributed by atoms with E-state index in [1.165, 1.54) is 5.56 Å². The predicted octanol–water partition coefficient (Wildman–Crippen LogP) is 3.49. The third-order valence-corrected chi connectivity index (χ3v) is 2.87. The van der Waals surface area contributed by atoms with Crippen LogP contribution in [0.25, 0.3) is 0 Å². The minimum Gasteiger partial charge on any atom is -0.375 e. The summed E-state index contributed by atoms with van der Waals surface area (Å²) in [5.41, 5.74) is 11.1. The van der Waals surface area contributed by atoms with Crippen LogP contribution in [0.4, 0.5) is 0 Å². The van der Waals surface area contributed by atoms with Gasteiger partial charge < -0.3 is 5.73 Å². The number of hydrogen-bond donors (Lipinski definition) is 2. The van der Waals surface area contributed by atoms with Crippen molar-refractivity contribution in [2.45, 2.75) is 20.3 Å². The van der Waals surface area contributed by atoms with Gasteiger partial charge in [0.05, 0.1) is 5.71 Å². The summed E-state index contributed by atoms with van der Waals surface area (Å²) >= 11 is 4.62. The second kappa shape index (κ2) is 9.66. The summed E-state index contributed by atoms with van der Waals surface area (Å²) in [7, 11) is 0. The highest BCUT2D eigenvalue weighted by Gasteiger charge is 1.94. The molecule has 110 valence electrons. The molecular weight excluding hydrogens is 278 g/mol. The largest absolute Gasteiger partial charge is 0.375 e. The van der Waals surface area contributed by atoms with Gasteiger partial charge in [0.15, 0.2) is 5.11 Å². The van der Waals surface area contributed by atoms with E-state index < -0.39 is 0 Å². The zero-order valence-electron chi connectivity index (χ0n) is 12.4. The molecule has 0 spiro atoms. The fraction of sp³-hybridized carbons (Fsp3) is 0.176. The maximum absolute atomic E-state index is 5.23. The molecule has 0 saturated heterocycles. The van der Waals surface area contributed by atoms with Crippen molar-refractivity contribution in [3.8, 4) is 0 Å². The first-order valence-corrected chi connectivity index (χ1v) is 7.23. The number of thiocarbonyl (C=S) groups is 1. The Labute approximate surface area is 131 Å². The Kier molecular flexibility index (Phi) is 7.76. The number of benzene rings is 2. The summed E-state index contributed by atoms with van der Waals surface area (Å²) in [6.45, 7) is 4.05. The highest BCUT2D eigenvalue weighted by Crippen LogP contribution is 1.99. The van der Waals surface area contributed by atoms with Crippen molar-refractivity contribution < 1.29 is 0 Å². The Morgan fingerprint density at radius 3 is 2.00 bits per heavy atom. The third kappa shape index (κ3) is 7.22. The maximum atomic E-state index is 5.23. The molecule has 3 N–H and O–H groups in total. The van der Waals surface area contributed by atoms with Gasteiger partial charge in [0.1, 0.15) is 0 Å². The molecule has 0 aliphatic carbocycles. The average molecular weight is 299 g/mol. The lowest BCUT2D eigenvalue weighted by atomic mass is 10.1. The average Bonchev–Trinajstić information content (AvgIpc) is 2.54. The summed E-state index contributed by atoms with van der Waals surface area (Å²) in [5.74, 6) is 0. The lowest BCUT2D eigenvalue weighted by molar-refractivity contribution is 1.03. The van der Waals surface area contributed by atoms with Crippen LogP contribution in [-0.4, -0.2) is 10.8 Å². The fourth-order valence-corrected chi connectivity index (χ4v) is 1.64. The molecule has 21 heavy (non-hydrogen) atoms. The molecule has 0 heterocycles. The van der Waals surface area contributed by atoms with Crippen LogP contribution < -0.4 is 11.2 Å². The third-order valence-electron chi connectivity index (χ3n) is 2.78. The monoisotopic (exact) mass is 299 g/mol. The van der Waals surface area contributed by atoms with Gasteiger partial charge in [-0.15, -0.1) is 0 Å². The normalized spacial score (nSPS) is 10.3. The first kappa shape index (κ1) is 16.9. The Balaban J connectivity index is 0.000000235. The molecule has 0 radical (unpaired) electrons. The highest BCUT2D eigenvalue weighted by atomic mass is 32.1. The predicted molar refractivity (Wildman–Crippen MR) is 94.4 cm³/mol. The van der Waals surface area contributed by atoms with Crippen LogP contribution in [0.2, 0.25) is 0 Å². The molecule has 2 aromatic carbocycles. The van der Waals surface area contributed by atoms with Gasteiger partial charge in [0.2, 0.25) is 0 Å². The summed E-state index contributed by atoms with van der Waals surface area (Å²) in [4.78, 5) is 0. The number of hydrogen-bond acceptors (Lipinski definition) is 2. The molecular formula is C17H21N3S. The number of nitrogens with one attached hydrogen (secondary N) is 1. The van der Waals surface area contributed by atoms with Gasteiger partial charge in [-0.2, -0.15) is 5.10 Å². The van der Waals surface area contributed by atoms with Crippen LogP contribution in [0.5, 0.6) is 0 Å². The van der Waals surface area contributed by atoms with Gasteiger partial charge in [0.25, 0.3) is 0 Å². The van der Waals surface area contributed by atoms with E-state index in [0.29, 0.717) is 0 Å². The van der Waals surface area contributed by atoms with Crippen LogP contribution in [-0.2, 0) is 6.42 Å². The van der Waals surface area contributed by atoms with E-state index in [2.05, 4.69) is 53.9 Å². The van der Waals surface area contributed by atoms with Crippen molar-refractivity contribution in [1.82, 2.24) is 5.43 Å². The van der Waals surface area contributed by atoms with Crippen LogP contribution in [0, 0.1) is 0 Å². The Bertz CT molecular complexity index is 565. The van der Waals surface area contributed by atoms with Gasteiger partial charge in [-0.1, -0.05) is 67.6 Å². The first-order valence-electron chi connectivity index (χ1n) is 6.82. The number of hydrazone groups is 1. The van der Waals surface area contributed by atoms with Crippen LogP contribution >= 0.6 is 12.2 Å². The zero-order chi connectivity index (χ0) is 15.5. The number of nitrogens with zero attached hydrogens (tertiary/aromatic N) is 1. The van der Waals surface area contributed by atoms with Crippen molar-refractivity contribution in [1.29, 1.82) is 0 Å². The van der Waals surface area contributed by atoms with Crippen molar-refractivity contribution in [3.63, 3.8) is 0 Å². The van der Waals surface area contributed by atoms with Crippen LogP contribution in [0.1, 0.15) is 25.0 Å². The van der Waals surface area contributed by atoms with Crippen molar-refractivity contribution in [2.24, 2.45) is 10.8 Å². The van der Waals surface area contributed by atoms with Crippen molar-refractivity contribution in [3.05, 3.63) is 71.8 Å². The van der Waals surface area contributed by atoms with E-state index in [1.54, 1.807) is 0 Å². The molecule has 0 aliphatic rings. The van der Waals surface area contributed by atoms with Crippen molar-refractivity contribution in [2.75, 3.05) is 0 Å². The van der Waals surface area contributed by atoms with Gasteiger partial charge in [0, 0.05) is 0 Å². The lowest BCUT2D eigenvalue weighted by Gasteiger charge is -2.00. The number of aryl methyl sites for hydroxylation is 1. The molecule has 3 nitrogen and oxygen atoms in total. The summed E-state index contributed by atoms with van der Waals surface area (Å²) in [5, 5.41) is 4.17. The molecule has 0 bridgehead atoms. The van der Waals surface area contributed by atoms with Gasteiger partial charge in [-0.25, -0.2) is 0 Å². The van der Waals surface area contributed by atoms with Crippen LogP contribution in [0.3, 0.4) is 0 Å². The summed E-state index contributed by atoms with van der Waals surface area (Å²) < 4.78 is 0. The van der Waals surface area contributed by atoms with E-state index in [9.17, 15) is 0 Å². The molecule has 0 aromatic heterocycles. The quantitative estimate of drug-likeness (QED) is 0.518. The molecule has 0 atom stereocenters. The Hall–Kier alpha value is -2.20. The van der Waals surface area contributed by atoms with Gasteiger partial charge in [-0.3, -0.25) is 5.43 Å². The van der Waals surface area contributed by atoms with Gasteiger partial charge >= 0.3 is 0 Å². The maximum Gasteiger partial charge on any atom is 0.184 e.